The van der Waals surface area contributed by atoms with E-state index in [2.05, 4.69) is 15.2 Å². The molecule has 0 bridgehead atoms. The molecule has 1 aliphatic rings. The number of hydrogen-bond acceptors (Lipinski definition) is 4. The molecule has 1 saturated heterocycles. The summed E-state index contributed by atoms with van der Waals surface area (Å²) >= 11 is 0. The summed E-state index contributed by atoms with van der Waals surface area (Å²) in [7, 11) is 0. The molecule has 1 fully saturated rings. The number of aromatic nitrogens is 3. The normalized spacial score (nSPS) is 20.2. The molecule has 0 aromatic carbocycles. The van der Waals surface area contributed by atoms with E-state index in [0.29, 0.717) is 12.5 Å². The summed E-state index contributed by atoms with van der Waals surface area (Å²) in [6.45, 7) is 2.02. The fourth-order valence-corrected chi connectivity index (χ4v) is 1.53. The van der Waals surface area contributed by atoms with Crippen LogP contribution >= 0.6 is 24.8 Å². The third kappa shape index (κ3) is 3.61. The van der Waals surface area contributed by atoms with Crippen LogP contribution in [0.4, 0.5) is 0 Å². The van der Waals surface area contributed by atoms with Gasteiger partial charge in [-0.05, 0) is 12.8 Å². The predicted molar refractivity (Wildman–Crippen MR) is 61.6 cm³/mol. The average Bonchev–Trinajstić information content (AvgIpc) is 2.67. The quantitative estimate of drug-likeness (QED) is 0.826. The summed E-state index contributed by atoms with van der Waals surface area (Å²) in [4.78, 5) is 4.28. The predicted octanol–water partition coefficient (Wildman–Crippen LogP) is 1.00. The first-order chi connectivity index (χ1) is 6.40. The molecule has 2 heterocycles. The lowest BCUT2D eigenvalue weighted by Crippen LogP contribution is -2.16. The number of aromatic amines is 1. The van der Waals surface area contributed by atoms with Crippen molar-refractivity contribution in [1.82, 2.24) is 15.2 Å². The molecule has 0 saturated carbocycles. The second-order valence-corrected chi connectivity index (χ2v) is 3.26. The summed E-state index contributed by atoms with van der Waals surface area (Å²) in [6, 6.07) is 0. The van der Waals surface area contributed by atoms with Gasteiger partial charge in [-0.15, -0.1) is 24.8 Å². The Bertz CT molecular complexity index is 275. The molecule has 2 rings (SSSR count). The summed E-state index contributed by atoms with van der Waals surface area (Å²) in [5.74, 6) is 1.95. The topological polar surface area (TPSA) is 76.8 Å². The molecule has 1 unspecified atom stereocenters. The van der Waals surface area contributed by atoms with Crippen molar-refractivity contribution in [2.75, 3.05) is 13.2 Å². The molecule has 7 heteroatoms. The maximum Gasteiger partial charge on any atom is 0.156 e. The van der Waals surface area contributed by atoms with E-state index >= 15 is 0 Å². The monoisotopic (exact) mass is 254 g/mol. The van der Waals surface area contributed by atoms with Gasteiger partial charge in [-0.1, -0.05) is 0 Å². The zero-order chi connectivity index (χ0) is 9.10. The molecule has 0 spiro atoms. The molecule has 1 atom stereocenters. The maximum absolute atomic E-state index is 5.43. The van der Waals surface area contributed by atoms with Gasteiger partial charge < -0.3 is 10.5 Å². The summed E-state index contributed by atoms with van der Waals surface area (Å²) in [5.41, 5.74) is 5.43. The zero-order valence-corrected chi connectivity index (χ0v) is 9.94. The van der Waals surface area contributed by atoms with Crippen molar-refractivity contribution < 1.29 is 4.74 Å². The molecule has 5 nitrogen and oxygen atoms in total. The third-order valence-electron chi connectivity index (χ3n) is 2.27. The van der Waals surface area contributed by atoms with Crippen molar-refractivity contribution in [2.45, 2.75) is 25.3 Å². The van der Waals surface area contributed by atoms with Crippen LogP contribution in [0.3, 0.4) is 0 Å². The Hall–Kier alpha value is -0.360. The van der Waals surface area contributed by atoms with Crippen molar-refractivity contribution in [3.05, 3.63) is 11.6 Å². The number of nitrogens with one attached hydrogen (secondary N) is 1. The van der Waals surface area contributed by atoms with Crippen LogP contribution in [0.25, 0.3) is 0 Å². The molecule has 1 aliphatic heterocycles. The van der Waals surface area contributed by atoms with Crippen LogP contribution in [0.1, 0.15) is 30.4 Å². The van der Waals surface area contributed by atoms with E-state index in [-0.39, 0.29) is 24.8 Å². The highest BCUT2D eigenvalue weighted by atomic mass is 35.5. The number of halogens is 2. The molecule has 1 aromatic heterocycles. The van der Waals surface area contributed by atoms with Crippen molar-refractivity contribution >= 4 is 24.8 Å². The lowest BCUT2D eigenvalue weighted by molar-refractivity contribution is 0.0781. The molecular weight excluding hydrogens is 239 g/mol. The number of H-pyrrole nitrogens is 1. The van der Waals surface area contributed by atoms with Gasteiger partial charge in [0.05, 0.1) is 13.2 Å². The largest absolute Gasteiger partial charge is 0.381 e. The van der Waals surface area contributed by atoms with Crippen LogP contribution < -0.4 is 5.73 Å². The van der Waals surface area contributed by atoms with Crippen LogP contribution in [-0.2, 0) is 11.3 Å². The minimum Gasteiger partial charge on any atom is -0.381 e. The van der Waals surface area contributed by atoms with E-state index in [9.17, 15) is 0 Å². The number of nitrogens with zero attached hydrogens (tertiary/aromatic N) is 2. The SMILES string of the molecule is Cl.Cl.NCc1nc(C2CCCOC2)n[nH]1. The van der Waals surface area contributed by atoms with E-state index < -0.39 is 0 Å². The molecule has 3 N–H and O–H groups in total. The van der Waals surface area contributed by atoms with E-state index in [1.165, 1.54) is 0 Å². The molecule has 0 amide bonds. The minimum absolute atomic E-state index is 0. The number of hydrogen-bond donors (Lipinski definition) is 2. The second kappa shape index (κ2) is 7.00. The van der Waals surface area contributed by atoms with Crippen LogP contribution in [0.5, 0.6) is 0 Å². The van der Waals surface area contributed by atoms with Crippen LogP contribution in [-0.4, -0.2) is 28.4 Å². The summed E-state index contributed by atoms with van der Waals surface area (Å²) < 4.78 is 5.35. The lowest BCUT2D eigenvalue weighted by Gasteiger charge is -2.18. The van der Waals surface area contributed by atoms with Crippen LogP contribution in [0.15, 0.2) is 0 Å². The van der Waals surface area contributed by atoms with Crippen molar-refractivity contribution in [1.29, 1.82) is 0 Å². The molecule has 0 aliphatic carbocycles. The van der Waals surface area contributed by atoms with Gasteiger partial charge in [0.1, 0.15) is 5.82 Å². The van der Waals surface area contributed by atoms with Gasteiger partial charge in [0, 0.05) is 12.5 Å². The third-order valence-corrected chi connectivity index (χ3v) is 2.27. The Morgan fingerprint density at radius 2 is 2.27 bits per heavy atom. The second-order valence-electron chi connectivity index (χ2n) is 3.26. The fourth-order valence-electron chi connectivity index (χ4n) is 1.53. The molecule has 15 heavy (non-hydrogen) atoms. The molecule has 1 aromatic rings. The Morgan fingerprint density at radius 1 is 1.47 bits per heavy atom. The molecule has 0 radical (unpaired) electrons. The Balaban J connectivity index is 0.000000980. The number of ether oxygens (including phenoxy) is 1. The fraction of sp³-hybridized carbons (Fsp3) is 0.750. The Morgan fingerprint density at radius 3 is 2.80 bits per heavy atom. The van der Waals surface area contributed by atoms with Gasteiger partial charge in [-0.25, -0.2) is 4.98 Å². The van der Waals surface area contributed by atoms with E-state index in [1.54, 1.807) is 0 Å². The lowest BCUT2D eigenvalue weighted by atomic mass is 10.0. The highest BCUT2D eigenvalue weighted by Crippen LogP contribution is 2.21. The highest BCUT2D eigenvalue weighted by Gasteiger charge is 2.19. The van der Waals surface area contributed by atoms with Crippen LogP contribution in [0, 0.1) is 0 Å². The first-order valence-electron chi connectivity index (χ1n) is 4.59. The highest BCUT2D eigenvalue weighted by molar-refractivity contribution is 5.85. The number of nitrogens with two attached hydrogens (primary N) is 1. The van der Waals surface area contributed by atoms with Crippen LogP contribution in [0.2, 0.25) is 0 Å². The molecule has 88 valence electrons. The van der Waals surface area contributed by atoms with Gasteiger partial charge in [0.2, 0.25) is 0 Å². The Kier molecular flexibility index (Phi) is 6.84. The van der Waals surface area contributed by atoms with Gasteiger partial charge in [-0.3, -0.25) is 5.10 Å². The van der Waals surface area contributed by atoms with Crippen molar-refractivity contribution in [2.24, 2.45) is 5.73 Å². The van der Waals surface area contributed by atoms with Crippen molar-refractivity contribution in [3.8, 4) is 0 Å². The van der Waals surface area contributed by atoms with Crippen molar-refractivity contribution in [3.63, 3.8) is 0 Å². The number of rotatable bonds is 2. The first-order valence-corrected chi connectivity index (χ1v) is 4.59. The summed E-state index contributed by atoms with van der Waals surface area (Å²) in [6.07, 6.45) is 2.21. The van der Waals surface area contributed by atoms with Gasteiger partial charge in [0.25, 0.3) is 0 Å². The van der Waals surface area contributed by atoms with E-state index in [1.807, 2.05) is 0 Å². The Labute approximate surface area is 101 Å². The average molecular weight is 255 g/mol. The van der Waals surface area contributed by atoms with Gasteiger partial charge in [0.15, 0.2) is 5.82 Å². The summed E-state index contributed by atoms with van der Waals surface area (Å²) in [5, 5.41) is 6.93. The zero-order valence-electron chi connectivity index (χ0n) is 8.31. The van der Waals surface area contributed by atoms with E-state index in [0.717, 1.165) is 37.7 Å². The van der Waals surface area contributed by atoms with E-state index in [4.69, 9.17) is 10.5 Å². The first kappa shape index (κ1) is 14.6. The molecular formula is C8H16Cl2N4O. The standard InChI is InChI=1S/C8H14N4O.2ClH/c9-4-7-10-8(12-11-7)6-2-1-3-13-5-6;;/h6H,1-5,9H2,(H,10,11,12);2*1H. The van der Waals surface area contributed by atoms with Gasteiger partial charge >= 0.3 is 0 Å². The smallest absolute Gasteiger partial charge is 0.156 e. The maximum atomic E-state index is 5.43. The minimum atomic E-state index is 0. The van der Waals surface area contributed by atoms with Gasteiger partial charge in [-0.2, -0.15) is 5.10 Å².